The summed E-state index contributed by atoms with van der Waals surface area (Å²) >= 11 is 0. The molecule has 2 rings (SSSR count). The first-order valence-corrected chi connectivity index (χ1v) is 5.34. The summed E-state index contributed by atoms with van der Waals surface area (Å²) < 4.78 is 0. The number of aliphatic carboxylic acids is 1. The molecule has 1 aromatic rings. The van der Waals surface area contributed by atoms with Crippen LogP contribution in [0.25, 0.3) is 0 Å². The number of carboxylic acid groups (broad SMARTS) is 1. The van der Waals surface area contributed by atoms with Crippen molar-refractivity contribution in [3.05, 3.63) is 29.6 Å². The second-order valence-electron chi connectivity index (χ2n) is 4.18. The van der Waals surface area contributed by atoms with E-state index in [1.54, 1.807) is 12.1 Å². The van der Waals surface area contributed by atoms with E-state index >= 15 is 0 Å². The molecule has 1 fully saturated rings. The van der Waals surface area contributed by atoms with Gasteiger partial charge >= 0.3 is 5.97 Å². The van der Waals surface area contributed by atoms with Gasteiger partial charge < -0.3 is 5.11 Å². The Morgan fingerprint density at radius 3 is 2.69 bits per heavy atom. The summed E-state index contributed by atoms with van der Waals surface area (Å²) in [5, 5.41) is 9.37. The van der Waals surface area contributed by atoms with Crippen molar-refractivity contribution in [3.63, 3.8) is 0 Å². The molecule has 0 bridgehead atoms. The first-order chi connectivity index (χ1) is 7.69. The molecule has 0 radical (unpaired) electrons. The highest BCUT2D eigenvalue weighted by Crippen LogP contribution is 2.41. The molecule has 0 unspecified atom stereocenters. The molecule has 1 aliphatic rings. The smallest absolute Gasteiger partial charge is 0.314 e. The zero-order chi connectivity index (χ0) is 11.6. The Morgan fingerprint density at radius 2 is 2.12 bits per heavy atom. The van der Waals surface area contributed by atoms with Gasteiger partial charge in [-0.15, -0.1) is 0 Å². The number of pyridine rings is 1. The zero-order valence-electron chi connectivity index (χ0n) is 8.85. The molecule has 0 amide bonds. The molecular formula is C12H13NO3. The van der Waals surface area contributed by atoms with Crippen molar-refractivity contribution < 1.29 is 14.7 Å². The van der Waals surface area contributed by atoms with E-state index in [-0.39, 0.29) is 0 Å². The highest BCUT2D eigenvalue weighted by Gasteiger charge is 2.42. The van der Waals surface area contributed by atoms with Crippen molar-refractivity contribution in [2.75, 3.05) is 0 Å². The van der Waals surface area contributed by atoms with E-state index in [1.807, 2.05) is 0 Å². The van der Waals surface area contributed by atoms with Gasteiger partial charge in [0.15, 0.2) is 6.29 Å². The first kappa shape index (κ1) is 10.8. The number of aromatic nitrogens is 1. The molecule has 1 saturated carbocycles. The van der Waals surface area contributed by atoms with Crippen LogP contribution in [-0.2, 0) is 10.2 Å². The molecule has 1 aromatic heterocycles. The maximum Gasteiger partial charge on any atom is 0.314 e. The Bertz CT molecular complexity index is 422. The lowest BCUT2D eigenvalue weighted by molar-refractivity contribution is -0.143. The monoisotopic (exact) mass is 219 g/mol. The minimum Gasteiger partial charge on any atom is -0.481 e. The number of nitrogens with zero attached hydrogens (tertiary/aromatic N) is 1. The number of hydrogen-bond acceptors (Lipinski definition) is 3. The number of hydrogen-bond donors (Lipinski definition) is 1. The average Bonchev–Trinajstić information content (AvgIpc) is 2.79. The van der Waals surface area contributed by atoms with Crippen LogP contribution in [0.4, 0.5) is 0 Å². The first-order valence-electron chi connectivity index (χ1n) is 5.34. The molecule has 16 heavy (non-hydrogen) atoms. The zero-order valence-corrected chi connectivity index (χ0v) is 8.85. The Hall–Kier alpha value is -1.71. The quantitative estimate of drug-likeness (QED) is 0.787. The fourth-order valence-corrected chi connectivity index (χ4v) is 2.42. The van der Waals surface area contributed by atoms with Crippen molar-refractivity contribution in [2.24, 2.45) is 0 Å². The Kier molecular flexibility index (Phi) is 2.73. The van der Waals surface area contributed by atoms with E-state index in [9.17, 15) is 14.7 Å². The Morgan fingerprint density at radius 1 is 1.44 bits per heavy atom. The van der Waals surface area contributed by atoms with Gasteiger partial charge in [-0.05, 0) is 30.5 Å². The maximum absolute atomic E-state index is 11.4. The lowest BCUT2D eigenvalue weighted by Crippen LogP contribution is -2.32. The second-order valence-corrected chi connectivity index (χ2v) is 4.18. The SMILES string of the molecule is O=Cc1cc(C2(C(=O)O)CCCC2)ccn1. The molecule has 4 nitrogen and oxygen atoms in total. The third-order valence-corrected chi connectivity index (χ3v) is 3.32. The number of carbonyl (C=O) groups is 2. The van der Waals surface area contributed by atoms with E-state index in [0.29, 0.717) is 30.4 Å². The molecule has 0 aromatic carbocycles. The molecule has 0 saturated heterocycles. The van der Waals surface area contributed by atoms with Gasteiger partial charge in [-0.1, -0.05) is 12.8 Å². The molecule has 1 heterocycles. The van der Waals surface area contributed by atoms with Crippen LogP contribution in [-0.4, -0.2) is 22.3 Å². The van der Waals surface area contributed by atoms with Gasteiger partial charge in [-0.2, -0.15) is 0 Å². The summed E-state index contributed by atoms with van der Waals surface area (Å²) in [5.41, 5.74) is 0.195. The van der Waals surface area contributed by atoms with Crippen molar-refractivity contribution in [2.45, 2.75) is 31.1 Å². The summed E-state index contributed by atoms with van der Waals surface area (Å²) in [6.07, 6.45) is 5.28. The summed E-state index contributed by atoms with van der Waals surface area (Å²) in [6, 6.07) is 3.29. The molecule has 1 aliphatic carbocycles. The molecule has 84 valence electrons. The van der Waals surface area contributed by atoms with Crippen LogP contribution in [0.5, 0.6) is 0 Å². The number of carbonyl (C=O) groups excluding carboxylic acids is 1. The van der Waals surface area contributed by atoms with Crippen LogP contribution < -0.4 is 0 Å². The molecule has 1 N–H and O–H groups in total. The van der Waals surface area contributed by atoms with E-state index in [1.165, 1.54) is 6.20 Å². The highest BCUT2D eigenvalue weighted by molar-refractivity contribution is 5.82. The third kappa shape index (κ3) is 1.60. The van der Waals surface area contributed by atoms with Crippen LogP contribution in [0.2, 0.25) is 0 Å². The Balaban J connectivity index is 2.46. The van der Waals surface area contributed by atoms with Gasteiger partial charge in [0, 0.05) is 6.20 Å². The van der Waals surface area contributed by atoms with E-state index in [0.717, 1.165) is 12.8 Å². The number of aldehydes is 1. The fraction of sp³-hybridized carbons (Fsp3) is 0.417. The predicted octanol–water partition coefficient (Wildman–Crippen LogP) is 1.79. The van der Waals surface area contributed by atoms with Crippen LogP contribution in [0.15, 0.2) is 18.3 Å². The van der Waals surface area contributed by atoms with Crippen molar-refractivity contribution >= 4 is 12.3 Å². The lowest BCUT2D eigenvalue weighted by Gasteiger charge is -2.24. The van der Waals surface area contributed by atoms with Gasteiger partial charge in [0.1, 0.15) is 5.69 Å². The second kappa shape index (κ2) is 4.04. The van der Waals surface area contributed by atoms with Gasteiger partial charge in [0.25, 0.3) is 0 Å². The molecule has 0 atom stereocenters. The van der Waals surface area contributed by atoms with Gasteiger partial charge in [0.2, 0.25) is 0 Å². The van der Waals surface area contributed by atoms with Crippen LogP contribution >= 0.6 is 0 Å². The lowest BCUT2D eigenvalue weighted by atomic mass is 9.79. The van der Waals surface area contributed by atoms with E-state index < -0.39 is 11.4 Å². The standard InChI is InChI=1S/C12H13NO3/c14-8-10-7-9(3-6-13-10)12(11(15)16)4-1-2-5-12/h3,6-8H,1-2,4-5H2,(H,15,16). The Labute approximate surface area is 93.3 Å². The summed E-state index contributed by atoms with van der Waals surface area (Å²) in [6.45, 7) is 0. The summed E-state index contributed by atoms with van der Waals surface area (Å²) in [5.74, 6) is -0.798. The van der Waals surface area contributed by atoms with Gasteiger partial charge in [-0.3, -0.25) is 14.6 Å². The normalized spacial score (nSPS) is 18.2. The fourth-order valence-electron chi connectivity index (χ4n) is 2.42. The highest BCUT2D eigenvalue weighted by atomic mass is 16.4. The summed E-state index contributed by atoms with van der Waals surface area (Å²) in [7, 11) is 0. The molecule has 4 heteroatoms. The van der Waals surface area contributed by atoms with E-state index in [4.69, 9.17) is 0 Å². The van der Waals surface area contributed by atoms with Crippen molar-refractivity contribution in [1.29, 1.82) is 0 Å². The summed E-state index contributed by atoms with van der Waals surface area (Å²) in [4.78, 5) is 25.9. The van der Waals surface area contributed by atoms with E-state index in [2.05, 4.69) is 4.98 Å². The van der Waals surface area contributed by atoms with Crippen molar-refractivity contribution in [3.8, 4) is 0 Å². The number of rotatable bonds is 3. The van der Waals surface area contributed by atoms with Crippen LogP contribution in [0.1, 0.15) is 41.7 Å². The average molecular weight is 219 g/mol. The minimum absolute atomic E-state index is 0.296. The predicted molar refractivity (Wildman–Crippen MR) is 57.4 cm³/mol. The molecule has 0 aliphatic heterocycles. The topological polar surface area (TPSA) is 67.3 Å². The molecular weight excluding hydrogens is 206 g/mol. The largest absolute Gasteiger partial charge is 0.481 e. The maximum atomic E-state index is 11.4. The third-order valence-electron chi connectivity index (χ3n) is 3.32. The number of carboxylic acids is 1. The molecule has 0 spiro atoms. The van der Waals surface area contributed by atoms with Crippen LogP contribution in [0.3, 0.4) is 0 Å². The van der Waals surface area contributed by atoms with Crippen LogP contribution in [0, 0.1) is 0 Å². The van der Waals surface area contributed by atoms with Crippen molar-refractivity contribution in [1.82, 2.24) is 4.98 Å². The van der Waals surface area contributed by atoms with Gasteiger partial charge in [-0.25, -0.2) is 0 Å². The van der Waals surface area contributed by atoms with Gasteiger partial charge in [0.05, 0.1) is 5.41 Å². The minimum atomic E-state index is -0.805.